The molecule has 1 rings (SSSR count). The zero-order chi connectivity index (χ0) is 7.40. The molecule has 1 aromatic heterocycles. The molecule has 0 saturated carbocycles. The van der Waals surface area contributed by atoms with Gasteiger partial charge in [0.2, 0.25) is 0 Å². The minimum atomic E-state index is 0.842. The highest BCUT2D eigenvalue weighted by molar-refractivity contribution is 5.76. The lowest BCUT2D eigenvalue weighted by Gasteiger charge is -1.95. The molecule has 0 aliphatic heterocycles. The van der Waals surface area contributed by atoms with Gasteiger partial charge >= 0.3 is 0 Å². The zero-order valence-corrected chi connectivity index (χ0v) is 5.86. The Hall–Kier alpha value is -1.32. The van der Waals surface area contributed by atoms with Crippen LogP contribution in [0, 0.1) is 0 Å². The first-order valence-electron chi connectivity index (χ1n) is 3.13. The molecule has 2 N–H and O–H groups in total. The van der Waals surface area contributed by atoms with Crippen LogP contribution < -0.4 is 5.84 Å². The monoisotopic (exact) mass is 138 g/mol. The molecule has 0 unspecified atom stereocenters. The Morgan fingerprint density at radius 1 is 1.90 bits per heavy atom. The fourth-order valence-electron chi connectivity index (χ4n) is 0.793. The van der Waals surface area contributed by atoms with Gasteiger partial charge in [-0.1, -0.05) is 0 Å². The molecule has 0 amide bonds. The Morgan fingerprint density at radius 2 is 2.70 bits per heavy atom. The van der Waals surface area contributed by atoms with Gasteiger partial charge in [0.1, 0.15) is 0 Å². The zero-order valence-electron chi connectivity index (χ0n) is 5.86. The molecule has 0 bridgehead atoms. The summed E-state index contributed by atoms with van der Waals surface area (Å²) in [5.41, 5.74) is 0.935. The van der Waals surface area contributed by atoms with Crippen LogP contribution >= 0.6 is 0 Å². The lowest BCUT2D eigenvalue weighted by atomic mass is 10.4. The summed E-state index contributed by atoms with van der Waals surface area (Å²) < 4.78 is 1.82. The van der Waals surface area contributed by atoms with Gasteiger partial charge in [-0.3, -0.25) is 4.68 Å². The molecule has 0 aliphatic carbocycles. The van der Waals surface area contributed by atoms with Crippen LogP contribution in [0.1, 0.15) is 12.6 Å². The number of hydrogen-bond acceptors (Lipinski definition) is 3. The Bertz CT molecular complexity index is 225. The van der Waals surface area contributed by atoms with Crippen LogP contribution in [-0.2, 0) is 6.54 Å². The molecule has 1 aromatic rings. The molecule has 0 spiro atoms. The molecular weight excluding hydrogens is 128 g/mol. The van der Waals surface area contributed by atoms with Crippen LogP contribution in [0.2, 0.25) is 0 Å². The van der Waals surface area contributed by atoms with Gasteiger partial charge < -0.3 is 5.84 Å². The van der Waals surface area contributed by atoms with Gasteiger partial charge in [0.15, 0.2) is 0 Å². The summed E-state index contributed by atoms with van der Waals surface area (Å²) in [6, 6.07) is 1.86. The fraction of sp³-hybridized carbons (Fsp3) is 0.333. The minimum absolute atomic E-state index is 0.842. The number of nitrogens with two attached hydrogens (primary N) is 1. The van der Waals surface area contributed by atoms with E-state index < -0.39 is 0 Å². The molecule has 0 radical (unpaired) electrons. The van der Waals surface area contributed by atoms with E-state index in [1.807, 2.05) is 17.7 Å². The van der Waals surface area contributed by atoms with Crippen molar-refractivity contribution in [3.05, 3.63) is 18.0 Å². The third-order valence-corrected chi connectivity index (χ3v) is 1.26. The SMILES string of the molecule is CCn1nccc1/C=N/N. The van der Waals surface area contributed by atoms with Crippen molar-refractivity contribution < 1.29 is 0 Å². The third-order valence-electron chi connectivity index (χ3n) is 1.26. The molecule has 4 heteroatoms. The summed E-state index contributed by atoms with van der Waals surface area (Å²) in [5.74, 6) is 4.97. The summed E-state index contributed by atoms with van der Waals surface area (Å²) >= 11 is 0. The Morgan fingerprint density at radius 3 is 3.30 bits per heavy atom. The van der Waals surface area contributed by atoms with E-state index in [1.54, 1.807) is 12.4 Å². The highest BCUT2D eigenvalue weighted by atomic mass is 15.3. The van der Waals surface area contributed by atoms with Crippen molar-refractivity contribution in [1.29, 1.82) is 0 Å². The molecular formula is C6H10N4. The average molecular weight is 138 g/mol. The summed E-state index contributed by atoms with van der Waals surface area (Å²) in [7, 11) is 0. The van der Waals surface area contributed by atoms with Crippen molar-refractivity contribution in [1.82, 2.24) is 9.78 Å². The molecule has 0 aromatic carbocycles. The van der Waals surface area contributed by atoms with Crippen molar-refractivity contribution in [3.63, 3.8) is 0 Å². The van der Waals surface area contributed by atoms with E-state index in [-0.39, 0.29) is 0 Å². The second-order valence-electron chi connectivity index (χ2n) is 1.85. The number of nitrogens with zero attached hydrogens (tertiary/aromatic N) is 3. The first-order valence-corrected chi connectivity index (χ1v) is 3.13. The fourth-order valence-corrected chi connectivity index (χ4v) is 0.793. The van der Waals surface area contributed by atoms with Crippen molar-refractivity contribution >= 4 is 6.21 Å². The molecule has 0 aliphatic rings. The Kier molecular flexibility index (Phi) is 2.04. The van der Waals surface area contributed by atoms with E-state index in [9.17, 15) is 0 Å². The van der Waals surface area contributed by atoms with Crippen LogP contribution in [0.3, 0.4) is 0 Å². The molecule has 54 valence electrons. The highest BCUT2D eigenvalue weighted by Gasteiger charge is 1.93. The largest absolute Gasteiger partial charge is 0.323 e. The first-order chi connectivity index (χ1) is 4.88. The lowest BCUT2D eigenvalue weighted by molar-refractivity contribution is 0.655. The van der Waals surface area contributed by atoms with E-state index in [4.69, 9.17) is 5.84 Å². The number of aryl methyl sites for hydroxylation is 1. The van der Waals surface area contributed by atoms with Crippen molar-refractivity contribution in [3.8, 4) is 0 Å². The van der Waals surface area contributed by atoms with Gasteiger partial charge in [0.25, 0.3) is 0 Å². The second-order valence-corrected chi connectivity index (χ2v) is 1.85. The Labute approximate surface area is 59.3 Å². The van der Waals surface area contributed by atoms with Crippen molar-refractivity contribution in [2.45, 2.75) is 13.5 Å². The van der Waals surface area contributed by atoms with Gasteiger partial charge in [-0.2, -0.15) is 10.2 Å². The smallest absolute Gasteiger partial charge is 0.0810 e. The predicted molar refractivity (Wildman–Crippen MR) is 39.7 cm³/mol. The van der Waals surface area contributed by atoms with E-state index in [0.29, 0.717) is 0 Å². The van der Waals surface area contributed by atoms with Gasteiger partial charge in [-0.25, -0.2) is 0 Å². The lowest BCUT2D eigenvalue weighted by Crippen LogP contribution is -2.01. The van der Waals surface area contributed by atoms with Gasteiger partial charge in [0, 0.05) is 12.7 Å². The maximum Gasteiger partial charge on any atom is 0.0810 e. The topological polar surface area (TPSA) is 56.2 Å². The van der Waals surface area contributed by atoms with Gasteiger partial charge in [-0.05, 0) is 13.0 Å². The van der Waals surface area contributed by atoms with Crippen LogP contribution in [-0.4, -0.2) is 16.0 Å². The Balaban J connectivity index is 2.90. The van der Waals surface area contributed by atoms with Crippen LogP contribution in [0.25, 0.3) is 0 Å². The van der Waals surface area contributed by atoms with Crippen LogP contribution in [0.5, 0.6) is 0 Å². The maximum absolute atomic E-state index is 4.97. The summed E-state index contributed by atoms with van der Waals surface area (Å²) in [6.07, 6.45) is 3.30. The number of aromatic nitrogens is 2. The summed E-state index contributed by atoms with van der Waals surface area (Å²) in [6.45, 7) is 2.86. The number of hydrogen-bond donors (Lipinski definition) is 1. The molecule has 4 nitrogen and oxygen atoms in total. The van der Waals surface area contributed by atoms with Crippen LogP contribution in [0.15, 0.2) is 17.4 Å². The predicted octanol–water partition coefficient (Wildman–Crippen LogP) is 0.196. The van der Waals surface area contributed by atoms with Crippen LogP contribution in [0.4, 0.5) is 0 Å². The van der Waals surface area contributed by atoms with Crippen molar-refractivity contribution in [2.75, 3.05) is 0 Å². The van der Waals surface area contributed by atoms with E-state index in [2.05, 4.69) is 10.2 Å². The standard InChI is InChI=1S/C6H10N4/c1-2-10-6(5-8-7)3-4-9-10/h3-5H,2,7H2,1H3/b8-5+. The molecule has 10 heavy (non-hydrogen) atoms. The third kappa shape index (κ3) is 1.15. The summed E-state index contributed by atoms with van der Waals surface area (Å²) in [5, 5.41) is 7.42. The highest BCUT2D eigenvalue weighted by Crippen LogP contribution is 1.93. The first kappa shape index (κ1) is 6.80. The van der Waals surface area contributed by atoms with Gasteiger partial charge in [-0.15, -0.1) is 0 Å². The molecule has 0 atom stereocenters. The average Bonchev–Trinajstić information content (AvgIpc) is 2.36. The van der Waals surface area contributed by atoms with E-state index in [0.717, 1.165) is 12.2 Å². The molecule has 0 saturated heterocycles. The second kappa shape index (κ2) is 3.00. The van der Waals surface area contributed by atoms with Crippen molar-refractivity contribution in [2.24, 2.45) is 10.9 Å². The minimum Gasteiger partial charge on any atom is -0.323 e. The molecule has 0 fully saturated rings. The van der Waals surface area contributed by atoms with E-state index >= 15 is 0 Å². The van der Waals surface area contributed by atoms with E-state index in [1.165, 1.54) is 0 Å². The van der Waals surface area contributed by atoms with Gasteiger partial charge in [0.05, 0.1) is 11.9 Å². The quantitative estimate of drug-likeness (QED) is 0.360. The molecule has 1 heterocycles. The number of hydrazone groups is 1. The normalized spacial score (nSPS) is 10.9. The summed E-state index contributed by atoms with van der Waals surface area (Å²) in [4.78, 5) is 0. The number of rotatable bonds is 2. The maximum atomic E-state index is 4.97.